The first-order valence-corrected chi connectivity index (χ1v) is 3.67. The molecule has 0 aromatic heterocycles. The zero-order chi connectivity index (χ0) is 7.66. The molecule has 0 radical (unpaired) electrons. The molecule has 0 aliphatic rings. The highest BCUT2D eigenvalue weighted by Crippen LogP contribution is 1.85. The summed E-state index contributed by atoms with van der Waals surface area (Å²) in [6.07, 6.45) is 1.58. The highest BCUT2D eigenvalue weighted by Gasteiger charge is 1.86. The first-order valence-electron chi connectivity index (χ1n) is 3.67. The molecule has 0 saturated carbocycles. The highest BCUT2D eigenvalue weighted by atomic mass is 19.1. The van der Waals surface area contributed by atoms with Crippen molar-refractivity contribution in [2.75, 3.05) is 33.5 Å². The van der Waals surface area contributed by atoms with Crippen molar-refractivity contribution in [3.63, 3.8) is 0 Å². The molecule has 10 heavy (non-hydrogen) atoms. The zero-order valence-electron chi connectivity index (χ0n) is 6.53. The van der Waals surface area contributed by atoms with Crippen LogP contribution in [0.15, 0.2) is 0 Å². The largest absolute Gasteiger partial charge is 0.383 e. The van der Waals surface area contributed by atoms with Crippen molar-refractivity contribution in [2.24, 2.45) is 0 Å². The van der Waals surface area contributed by atoms with Crippen LogP contribution in [0.1, 0.15) is 12.8 Å². The van der Waals surface area contributed by atoms with E-state index >= 15 is 0 Å². The molecular formula is C7H16FNO. The molecule has 0 aromatic rings. The molecule has 0 aliphatic heterocycles. The minimum atomic E-state index is -0.202. The van der Waals surface area contributed by atoms with Gasteiger partial charge in [-0.05, 0) is 19.4 Å². The maximum absolute atomic E-state index is 11.5. The monoisotopic (exact) mass is 149 g/mol. The molecule has 0 fully saturated rings. The Bertz CT molecular complexity index is 53.6. The summed E-state index contributed by atoms with van der Waals surface area (Å²) < 4.78 is 16.3. The van der Waals surface area contributed by atoms with Crippen LogP contribution in [0.5, 0.6) is 0 Å². The molecule has 0 heterocycles. The third-order valence-corrected chi connectivity index (χ3v) is 1.22. The maximum atomic E-state index is 11.5. The van der Waals surface area contributed by atoms with Crippen LogP contribution in [-0.4, -0.2) is 33.5 Å². The van der Waals surface area contributed by atoms with Gasteiger partial charge >= 0.3 is 0 Å². The average molecular weight is 149 g/mol. The molecule has 62 valence electrons. The Kier molecular flexibility index (Phi) is 8.72. The van der Waals surface area contributed by atoms with Gasteiger partial charge in [0.1, 0.15) is 0 Å². The van der Waals surface area contributed by atoms with Gasteiger partial charge in [-0.2, -0.15) is 0 Å². The number of ether oxygens (including phenoxy) is 1. The summed E-state index contributed by atoms with van der Waals surface area (Å²) in [4.78, 5) is 0. The molecule has 1 N–H and O–H groups in total. The third kappa shape index (κ3) is 7.85. The summed E-state index contributed by atoms with van der Waals surface area (Å²) in [5.74, 6) is 0. The Labute approximate surface area is 61.8 Å². The van der Waals surface area contributed by atoms with Crippen molar-refractivity contribution in [1.29, 1.82) is 0 Å². The van der Waals surface area contributed by atoms with E-state index in [0.717, 1.165) is 26.1 Å². The van der Waals surface area contributed by atoms with Gasteiger partial charge in [0.15, 0.2) is 0 Å². The third-order valence-electron chi connectivity index (χ3n) is 1.22. The minimum absolute atomic E-state index is 0.202. The molecule has 0 rings (SSSR count). The van der Waals surface area contributed by atoms with E-state index in [1.165, 1.54) is 0 Å². The summed E-state index contributed by atoms with van der Waals surface area (Å²) >= 11 is 0. The van der Waals surface area contributed by atoms with Crippen LogP contribution in [0.2, 0.25) is 0 Å². The van der Waals surface area contributed by atoms with Crippen molar-refractivity contribution in [3.05, 3.63) is 0 Å². The number of hydrogen-bond acceptors (Lipinski definition) is 2. The van der Waals surface area contributed by atoms with Gasteiger partial charge in [0, 0.05) is 13.7 Å². The van der Waals surface area contributed by atoms with Gasteiger partial charge in [-0.1, -0.05) is 0 Å². The van der Waals surface area contributed by atoms with E-state index in [9.17, 15) is 4.39 Å². The Morgan fingerprint density at radius 2 is 2.10 bits per heavy atom. The van der Waals surface area contributed by atoms with Gasteiger partial charge in [-0.25, -0.2) is 0 Å². The van der Waals surface area contributed by atoms with E-state index in [2.05, 4.69) is 5.32 Å². The predicted octanol–water partition coefficient (Wildman–Crippen LogP) is 0.972. The number of nitrogens with one attached hydrogen (secondary N) is 1. The van der Waals surface area contributed by atoms with E-state index in [1.54, 1.807) is 7.11 Å². The number of halogens is 1. The molecule has 0 bridgehead atoms. The lowest BCUT2D eigenvalue weighted by Crippen LogP contribution is -2.20. The first kappa shape index (κ1) is 9.85. The van der Waals surface area contributed by atoms with Crippen molar-refractivity contribution >= 4 is 0 Å². The topological polar surface area (TPSA) is 21.3 Å². The average Bonchev–Trinajstić information content (AvgIpc) is 1.97. The maximum Gasteiger partial charge on any atom is 0.0894 e. The Morgan fingerprint density at radius 3 is 2.70 bits per heavy atom. The summed E-state index contributed by atoms with van der Waals surface area (Å²) in [6.45, 7) is 2.29. The van der Waals surface area contributed by atoms with Crippen LogP contribution in [0, 0.1) is 0 Å². The van der Waals surface area contributed by atoms with E-state index in [0.29, 0.717) is 6.42 Å². The van der Waals surface area contributed by atoms with Crippen LogP contribution < -0.4 is 5.32 Å². The van der Waals surface area contributed by atoms with E-state index in [1.807, 2.05) is 0 Å². The second kappa shape index (κ2) is 8.85. The fourth-order valence-electron chi connectivity index (χ4n) is 0.644. The van der Waals surface area contributed by atoms with Gasteiger partial charge in [0.05, 0.1) is 13.3 Å². The molecule has 2 nitrogen and oxygen atoms in total. The van der Waals surface area contributed by atoms with Gasteiger partial charge in [-0.15, -0.1) is 0 Å². The van der Waals surface area contributed by atoms with Crippen molar-refractivity contribution in [3.8, 4) is 0 Å². The Balaban J connectivity index is 2.65. The lowest BCUT2D eigenvalue weighted by Gasteiger charge is -2.01. The van der Waals surface area contributed by atoms with Crippen molar-refractivity contribution < 1.29 is 9.13 Å². The van der Waals surface area contributed by atoms with Crippen molar-refractivity contribution in [2.45, 2.75) is 12.8 Å². The smallest absolute Gasteiger partial charge is 0.0894 e. The highest BCUT2D eigenvalue weighted by molar-refractivity contribution is 4.46. The quantitative estimate of drug-likeness (QED) is 0.545. The fraction of sp³-hybridized carbons (Fsp3) is 1.00. The second-order valence-corrected chi connectivity index (χ2v) is 2.14. The van der Waals surface area contributed by atoms with Crippen molar-refractivity contribution in [1.82, 2.24) is 5.32 Å². The predicted molar refractivity (Wildman–Crippen MR) is 40.0 cm³/mol. The minimum Gasteiger partial charge on any atom is -0.383 e. The first-order chi connectivity index (χ1) is 4.91. The fourth-order valence-corrected chi connectivity index (χ4v) is 0.644. The number of alkyl halides is 1. The summed E-state index contributed by atoms with van der Waals surface area (Å²) in [5.41, 5.74) is 0. The number of hydrogen-bond donors (Lipinski definition) is 1. The molecule has 0 spiro atoms. The van der Waals surface area contributed by atoms with Gasteiger partial charge in [-0.3, -0.25) is 4.39 Å². The van der Waals surface area contributed by atoms with E-state index in [4.69, 9.17) is 4.74 Å². The second-order valence-electron chi connectivity index (χ2n) is 2.14. The lowest BCUT2D eigenvalue weighted by molar-refractivity contribution is 0.199. The molecule has 0 unspecified atom stereocenters. The number of rotatable bonds is 7. The molecule has 0 amide bonds. The Morgan fingerprint density at radius 1 is 1.30 bits per heavy atom. The number of unbranched alkanes of at least 4 members (excludes halogenated alkanes) is 1. The molecular weight excluding hydrogens is 133 g/mol. The standard InChI is InChI=1S/C7H16FNO/c1-10-7-6-9-5-3-2-4-8/h9H,2-7H2,1H3. The lowest BCUT2D eigenvalue weighted by atomic mass is 10.3. The molecule has 3 heteroatoms. The van der Waals surface area contributed by atoms with Crippen LogP contribution in [0.4, 0.5) is 4.39 Å². The SMILES string of the molecule is COCCNCCCCF. The number of methoxy groups -OCH3 is 1. The van der Waals surface area contributed by atoms with Crippen LogP contribution in [0.25, 0.3) is 0 Å². The van der Waals surface area contributed by atoms with Crippen LogP contribution in [0.3, 0.4) is 0 Å². The molecule has 0 aromatic carbocycles. The van der Waals surface area contributed by atoms with Gasteiger partial charge in [0.25, 0.3) is 0 Å². The van der Waals surface area contributed by atoms with Gasteiger partial charge < -0.3 is 10.1 Å². The summed E-state index contributed by atoms with van der Waals surface area (Å²) in [5, 5.41) is 3.13. The summed E-state index contributed by atoms with van der Waals surface area (Å²) in [6, 6.07) is 0. The summed E-state index contributed by atoms with van der Waals surface area (Å²) in [7, 11) is 1.67. The molecule has 0 saturated heterocycles. The van der Waals surface area contributed by atoms with Crippen LogP contribution >= 0.6 is 0 Å². The van der Waals surface area contributed by atoms with Gasteiger partial charge in [0.2, 0.25) is 0 Å². The molecule has 0 aliphatic carbocycles. The van der Waals surface area contributed by atoms with E-state index < -0.39 is 0 Å². The van der Waals surface area contributed by atoms with Crippen LogP contribution in [-0.2, 0) is 4.74 Å². The Hall–Kier alpha value is -0.150. The zero-order valence-corrected chi connectivity index (χ0v) is 6.53. The normalized spacial score (nSPS) is 10.2. The van der Waals surface area contributed by atoms with E-state index in [-0.39, 0.29) is 6.67 Å². The molecule has 0 atom stereocenters.